The average Bonchev–Trinajstić information content (AvgIpc) is 2.66. The number of para-hydroxylation sites is 1. The summed E-state index contributed by atoms with van der Waals surface area (Å²) in [6.45, 7) is 7.30. The number of carbonyl (C=O) groups excluding carboxylic acids is 2. The van der Waals surface area contributed by atoms with Gasteiger partial charge in [-0.25, -0.2) is 9.18 Å². The highest BCUT2D eigenvalue weighted by molar-refractivity contribution is 5.99. The van der Waals surface area contributed by atoms with E-state index in [9.17, 15) is 14.0 Å². The Labute approximate surface area is 176 Å². The smallest absolute Gasteiger partial charge is 0.408 e. The van der Waals surface area contributed by atoms with E-state index < -0.39 is 29.5 Å². The quantitative estimate of drug-likeness (QED) is 0.591. The van der Waals surface area contributed by atoms with Crippen LogP contribution < -0.4 is 16.0 Å². The fourth-order valence-electron chi connectivity index (χ4n) is 2.49. The van der Waals surface area contributed by atoms with Crippen molar-refractivity contribution in [2.75, 3.05) is 23.8 Å². The van der Waals surface area contributed by atoms with Crippen LogP contribution in [-0.2, 0) is 14.3 Å². The van der Waals surface area contributed by atoms with E-state index in [0.717, 1.165) is 5.69 Å². The van der Waals surface area contributed by atoms with Crippen molar-refractivity contribution in [2.45, 2.75) is 39.3 Å². The lowest BCUT2D eigenvalue weighted by Crippen LogP contribution is -2.48. The Kier molecular flexibility index (Phi) is 8.17. The van der Waals surface area contributed by atoms with E-state index in [0.29, 0.717) is 18.0 Å². The van der Waals surface area contributed by atoms with Crippen LogP contribution in [0.4, 0.5) is 26.2 Å². The van der Waals surface area contributed by atoms with Crippen LogP contribution in [0.1, 0.15) is 27.7 Å². The molecule has 0 aromatic heterocycles. The Hall–Kier alpha value is -3.13. The van der Waals surface area contributed by atoms with Crippen LogP contribution in [0.25, 0.3) is 0 Å². The van der Waals surface area contributed by atoms with Gasteiger partial charge >= 0.3 is 6.09 Å². The second kappa shape index (κ2) is 10.6. The number of rotatable bonds is 8. The Morgan fingerprint density at radius 2 is 1.77 bits per heavy atom. The molecule has 7 nitrogen and oxygen atoms in total. The zero-order valence-corrected chi connectivity index (χ0v) is 17.6. The van der Waals surface area contributed by atoms with E-state index >= 15 is 0 Å². The fourth-order valence-corrected chi connectivity index (χ4v) is 2.49. The molecule has 0 fully saturated rings. The summed E-state index contributed by atoms with van der Waals surface area (Å²) in [6, 6.07) is 12.1. The number of benzene rings is 2. The van der Waals surface area contributed by atoms with Crippen LogP contribution >= 0.6 is 0 Å². The molecule has 0 saturated carbocycles. The van der Waals surface area contributed by atoms with Crippen molar-refractivity contribution < 1.29 is 23.5 Å². The van der Waals surface area contributed by atoms with Gasteiger partial charge in [-0.3, -0.25) is 4.79 Å². The molecule has 0 saturated heterocycles. The first-order chi connectivity index (χ1) is 14.2. The molecule has 30 heavy (non-hydrogen) atoms. The lowest BCUT2D eigenvalue weighted by atomic mass is 10.2. The summed E-state index contributed by atoms with van der Waals surface area (Å²) in [7, 11) is 0. The Morgan fingerprint density at radius 1 is 1.07 bits per heavy atom. The summed E-state index contributed by atoms with van der Waals surface area (Å²) in [5.41, 5.74) is 0.761. The number of hydrogen-bond acceptors (Lipinski definition) is 5. The highest BCUT2D eigenvalue weighted by Gasteiger charge is 2.25. The van der Waals surface area contributed by atoms with Gasteiger partial charge in [-0.2, -0.15) is 0 Å². The first-order valence-corrected chi connectivity index (χ1v) is 9.67. The first-order valence-electron chi connectivity index (χ1n) is 9.67. The SMILES string of the molecule is CCOCC(NC(=O)OC(C)(C)C)C(=O)Nc1ccc(F)cc1Nc1ccccc1. The van der Waals surface area contributed by atoms with Crippen molar-refractivity contribution in [3.63, 3.8) is 0 Å². The van der Waals surface area contributed by atoms with Crippen molar-refractivity contribution in [1.29, 1.82) is 0 Å². The average molecular weight is 417 g/mol. The van der Waals surface area contributed by atoms with Gasteiger partial charge in [-0.1, -0.05) is 18.2 Å². The molecule has 2 aromatic rings. The molecule has 162 valence electrons. The van der Waals surface area contributed by atoms with Gasteiger partial charge in [-0.15, -0.1) is 0 Å². The van der Waals surface area contributed by atoms with Gasteiger partial charge in [0.25, 0.3) is 0 Å². The minimum absolute atomic E-state index is 0.0375. The van der Waals surface area contributed by atoms with Crippen LogP contribution in [0, 0.1) is 5.82 Å². The van der Waals surface area contributed by atoms with Crippen LogP contribution in [0.2, 0.25) is 0 Å². The summed E-state index contributed by atoms with van der Waals surface area (Å²) >= 11 is 0. The van der Waals surface area contributed by atoms with E-state index in [2.05, 4.69) is 16.0 Å². The highest BCUT2D eigenvalue weighted by atomic mass is 19.1. The molecule has 1 atom stereocenters. The van der Waals surface area contributed by atoms with Gasteiger partial charge in [-0.05, 0) is 58.0 Å². The molecule has 8 heteroatoms. The molecule has 0 aliphatic rings. The molecule has 0 aliphatic carbocycles. The number of anilines is 3. The van der Waals surface area contributed by atoms with Crippen LogP contribution in [0.3, 0.4) is 0 Å². The summed E-state index contributed by atoms with van der Waals surface area (Å²) < 4.78 is 24.3. The number of ether oxygens (including phenoxy) is 2. The molecule has 0 aliphatic heterocycles. The minimum Gasteiger partial charge on any atom is -0.444 e. The number of nitrogens with one attached hydrogen (secondary N) is 3. The third kappa shape index (κ3) is 7.71. The second-order valence-electron chi connectivity index (χ2n) is 7.53. The standard InChI is InChI=1S/C22H28FN3O4/c1-5-29-14-19(26-21(28)30-22(2,3)4)20(27)25-17-12-11-15(23)13-18(17)24-16-9-7-6-8-10-16/h6-13,19,24H,5,14H2,1-4H3,(H,25,27)(H,26,28). The predicted molar refractivity (Wildman–Crippen MR) is 114 cm³/mol. The van der Waals surface area contributed by atoms with E-state index in [-0.39, 0.29) is 6.61 Å². The zero-order chi connectivity index (χ0) is 22.1. The Bertz CT molecular complexity index is 853. The van der Waals surface area contributed by atoms with Crippen molar-refractivity contribution in [1.82, 2.24) is 5.32 Å². The molecule has 1 unspecified atom stereocenters. The summed E-state index contributed by atoms with van der Waals surface area (Å²) in [6.07, 6.45) is -0.732. The van der Waals surface area contributed by atoms with Gasteiger partial charge in [0.05, 0.1) is 18.0 Å². The normalized spacial score (nSPS) is 12.0. The molecular weight excluding hydrogens is 389 g/mol. The maximum atomic E-state index is 13.8. The molecule has 0 spiro atoms. The third-order valence-electron chi connectivity index (χ3n) is 3.79. The van der Waals surface area contributed by atoms with Gasteiger partial charge in [0, 0.05) is 12.3 Å². The number of hydrogen-bond donors (Lipinski definition) is 3. The van der Waals surface area contributed by atoms with Gasteiger partial charge < -0.3 is 25.4 Å². The van der Waals surface area contributed by atoms with Crippen molar-refractivity contribution >= 4 is 29.1 Å². The monoisotopic (exact) mass is 417 g/mol. The van der Waals surface area contributed by atoms with Crippen molar-refractivity contribution in [3.05, 3.63) is 54.3 Å². The van der Waals surface area contributed by atoms with Crippen LogP contribution in [0.15, 0.2) is 48.5 Å². The highest BCUT2D eigenvalue weighted by Crippen LogP contribution is 2.26. The van der Waals surface area contributed by atoms with Crippen molar-refractivity contribution in [3.8, 4) is 0 Å². The van der Waals surface area contributed by atoms with E-state index in [1.54, 1.807) is 27.7 Å². The molecule has 0 heterocycles. The summed E-state index contributed by atoms with van der Waals surface area (Å²) in [4.78, 5) is 24.9. The number of halogens is 1. The van der Waals surface area contributed by atoms with E-state index in [1.807, 2.05) is 30.3 Å². The number of carbonyl (C=O) groups is 2. The topological polar surface area (TPSA) is 88.7 Å². The van der Waals surface area contributed by atoms with Crippen molar-refractivity contribution in [2.24, 2.45) is 0 Å². The maximum Gasteiger partial charge on any atom is 0.408 e. The first kappa shape index (κ1) is 23.2. The number of amides is 2. The van der Waals surface area contributed by atoms with Crippen LogP contribution in [0.5, 0.6) is 0 Å². The van der Waals surface area contributed by atoms with E-state index in [1.165, 1.54) is 18.2 Å². The zero-order valence-electron chi connectivity index (χ0n) is 17.6. The summed E-state index contributed by atoms with van der Waals surface area (Å²) in [5.74, 6) is -0.971. The molecule has 2 rings (SSSR count). The van der Waals surface area contributed by atoms with Gasteiger partial charge in [0.2, 0.25) is 5.91 Å². The van der Waals surface area contributed by atoms with Gasteiger partial charge in [0.1, 0.15) is 17.5 Å². The summed E-state index contributed by atoms with van der Waals surface area (Å²) in [5, 5.41) is 8.31. The largest absolute Gasteiger partial charge is 0.444 e. The molecule has 3 N–H and O–H groups in total. The lowest BCUT2D eigenvalue weighted by Gasteiger charge is -2.23. The molecule has 2 aromatic carbocycles. The predicted octanol–water partition coefficient (Wildman–Crippen LogP) is 4.44. The van der Waals surface area contributed by atoms with E-state index in [4.69, 9.17) is 9.47 Å². The molecule has 2 amide bonds. The van der Waals surface area contributed by atoms with Crippen LogP contribution in [-0.4, -0.2) is 36.9 Å². The fraction of sp³-hybridized carbons (Fsp3) is 0.364. The lowest BCUT2D eigenvalue weighted by molar-refractivity contribution is -0.119. The molecular formula is C22H28FN3O4. The molecule has 0 radical (unpaired) electrons. The Balaban J connectivity index is 2.16. The maximum absolute atomic E-state index is 13.8. The second-order valence-corrected chi connectivity index (χ2v) is 7.53. The Morgan fingerprint density at radius 3 is 2.40 bits per heavy atom. The number of alkyl carbamates (subject to hydrolysis) is 1. The van der Waals surface area contributed by atoms with Gasteiger partial charge in [0.15, 0.2) is 0 Å². The third-order valence-corrected chi connectivity index (χ3v) is 3.79. The molecule has 0 bridgehead atoms. The minimum atomic E-state index is -0.991.